The van der Waals surface area contributed by atoms with Gasteiger partial charge in [0.2, 0.25) is 0 Å². The van der Waals surface area contributed by atoms with Crippen LogP contribution >= 0.6 is 11.3 Å². The first-order valence-electron chi connectivity index (χ1n) is 6.15. The van der Waals surface area contributed by atoms with Gasteiger partial charge in [0, 0.05) is 23.6 Å². The third-order valence-corrected chi connectivity index (χ3v) is 3.73. The summed E-state index contributed by atoms with van der Waals surface area (Å²) >= 11 is 1.83. The summed E-state index contributed by atoms with van der Waals surface area (Å²) in [6.45, 7) is 4.73. The van der Waals surface area contributed by atoms with Crippen molar-refractivity contribution >= 4 is 11.3 Å². The summed E-state index contributed by atoms with van der Waals surface area (Å²) in [5.74, 6) is 0. The number of nitrogens with one attached hydrogen (secondary N) is 1. The van der Waals surface area contributed by atoms with Gasteiger partial charge in [-0.15, -0.1) is 11.3 Å². The third-order valence-electron chi connectivity index (χ3n) is 2.84. The van der Waals surface area contributed by atoms with Crippen molar-refractivity contribution in [2.75, 3.05) is 6.61 Å². The van der Waals surface area contributed by atoms with Crippen LogP contribution < -0.4 is 5.32 Å². The number of aliphatic hydroxyl groups is 1. The molecule has 1 aromatic heterocycles. The summed E-state index contributed by atoms with van der Waals surface area (Å²) in [5.41, 5.74) is 0. The van der Waals surface area contributed by atoms with Crippen LogP contribution in [0.3, 0.4) is 0 Å². The van der Waals surface area contributed by atoms with Crippen molar-refractivity contribution in [1.82, 2.24) is 5.32 Å². The highest BCUT2D eigenvalue weighted by Gasteiger charge is 2.11. The lowest BCUT2D eigenvalue weighted by atomic mass is 10.1. The number of aliphatic hydroxyl groups excluding tert-OH is 1. The molecular weight excluding hydrogens is 218 g/mol. The van der Waals surface area contributed by atoms with Gasteiger partial charge in [-0.2, -0.15) is 0 Å². The van der Waals surface area contributed by atoms with E-state index in [0.717, 1.165) is 25.7 Å². The van der Waals surface area contributed by atoms with Gasteiger partial charge in [-0.3, -0.25) is 0 Å². The van der Waals surface area contributed by atoms with E-state index in [4.69, 9.17) is 5.11 Å². The third kappa shape index (κ3) is 5.10. The second kappa shape index (κ2) is 7.82. The molecule has 0 spiro atoms. The standard InChI is InChI=1S/C13H23NOS/c1-3-12(10-13-7-5-9-16-13)14-11(2)6-4-8-15/h5,7,9,11-12,14-15H,3-4,6,8,10H2,1-2H3. The van der Waals surface area contributed by atoms with E-state index in [1.165, 1.54) is 4.88 Å². The normalized spacial score (nSPS) is 14.9. The highest BCUT2D eigenvalue weighted by Crippen LogP contribution is 2.13. The molecule has 0 radical (unpaired) electrons. The van der Waals surface area contributed by atoms with Gasteiger partial charge in [0.05, 0.1) is 0 Å². The van der Waals surface area contributed by atoms with Crippen LogP contribution in [0.1, 0.15) is 38.0 Å². The first-order chi connectivity index (χ1) is 7.76. The minimum atomic E-state index is 0.299. The van der Waals surface area contributed by atoms with E-state index in [1.54, 1.807) is 0 Å². The summed E-state index contributed by atoms with van der Waals surface area (Å²) in [6.07, 6.45) is 4.22. The summed E-state index contributed by atoms with van der Waals surface area (Å²) < 4.78 is 0. The van der Waals surface area contributed by atoms with E-state index in [-0.39, 0.29) is 0 Å². The van der Waals surface area contributed by atoms with Gasteiger partial charge < -0.3 is 10.4 Å². The molecular formula is C13H23NOS. The number of hydrogen-bond donors (Lipinski definition) is 2. The molecule has 2 N–H and O–H groups in total. The molecule has 1 aromatic rings. The van der Waals surface area contributed by atoms with Crippen LogP contribution in [0, 0.1) is 0 Å². The summed E-state index contributed by atoms with van der Waals surface area (Å²) in [5, 5.41) is 14.6. The zero-order valence-corrected chi connectivity index (χ0v) is 11.1. The maximum Gasteiger partial charge on any atom is 0.0431 e. The molecule has 0 amide bonds. The predicted octanol–water partition coefficient (Wildman–Crippen LogP) is 2.82. The van der Waals surface area contributed by atoms with Gasteiger partial charge in [-0.25, -0.2) is 0 Å². The minimum absolute atomic E-state index is 0.299. The molecule has 0 fully saturated rings. The van der Waals surface area contributed by atoms with Crippen molar-refractivity contribution in [2.24, 2.45) is 0 Å². The maximum atomic E-state index is 8.79. The molecule has 3 heteroatoms. The van der Waals surface area contributed by atoms with Gasteiger partial charge in [0.25, 0.3) is 0 Å². The van der Waals surface area contributed by atoms with E-state index in [0.29, 0.717) is 18.7 Å². The largest absolute Gasteiger partial charge is 0.396 e. The van der Waals surface area contributed by atoms with Crippen molar-refractivity contribution in [3.63, 3.8) is 0 Å². The molecule has 16 heavy (non-hydrogen) atoms. The van der Waals surface area contributed by atoms with Crippen LogP contribution in [0.2, 0.25) is 0 Å². The van der Waals surface area contributed by atoms with E-state index in [2.05, 4.69) is 36.7 Å². The van der Waals surface area contributed by atoms with Crippen molar-refractivity contribution in [3.05, 3.63) is 22.4 Å². The molecule has 0 aliphatic rings. The smallest absolute Gasteiger partial charge is 0.0431 e. The van der Waals surface area contributed by atoms with Gasteiger partial charge >= 0.3 is 0 Å². The molecule has 0 bridgehead atoms. The summed E-state index contributed by atoms with van der Waals surface area (Å²) in [4.78, 5) is 1.45. The van der Waals surface area contributed by atoms with E-state index < -0.39 is 0 Å². The Labute approximate surface area is 103 Å². The Bertz CT molecular complexity index is 261. The Morgan fingerprint density at radius 2 is 2.31 bits per heavy atom. The second-order valence-electron chi connectivity index (χ2n) is 4.32. The zero-order chi connectivity index (χ0) is 11.8. The fourth-order valence-corrected chi connectivity index (χ4v) is 2.66. The molecule has 92 valence electrons. The fraction of sp³-hybridized carbons (Fsp3) is 0.692. The Morgan fingerprint density at radius 1 is 1.50 bits per heavy atom. The Balaban J connectivity index is 2.31. The Kier molecular flexibility index (Phi) is 6.69. The lowest BCUT2D eigenvalue weighted by molar-refractivity contribution is 0.273. The quantitative estimate of drug-likeness (QED) is 0.733. The fourth-order valence-electron chi connectivity index (χ4n) is 1.88. The summed E-state index contributed by atoms with van der Waals surface area (Å²) in [7, 11) is 0. The average molecular weight is 241 g/mol. The van der Waals surface area contributed by atoms with Gasteiger partial charge in [0.1, 0.15) is 0 Å². The zero-order valence-electron chi connectivity index (χ0n) is 10.3. The number of hydrogen-bond acceptors (Lipinski definition) is 3. The molecule has 0 saturated heterocycles. The van der Waals surface area contributed by atoms with Crippen LogP contribution in [-0.2, 0) is 6.42 Å². The monoisotopic (exact) mass is 241 g/mol. The molecule has 0 aliphatic carbocycles. The van der Waals surface area contributed by atoms with Gasteiger partial charge in [-0.05, 0) is 44.1 Å². The van der Waals surface area contributed by atoms with Crippen molar-refractivity contribution < 1.29 is 5.11 Å². The van der Waals surface area contributed by atoms with Crippen molar-refractivity contribution in [2.45, 2.75) is 51.6 Å². The topological polar surface area (TPSA) is 32.3 Å². The molecule has 2 atom stereocenters. The highest BCUT2D eigenvalue weighted by atomic mass is 32.1. The lowest BCUT2D eigenvalue weighted by Crippen LogP contribution is -2.37. The molecule has 0 aliphatic heterocycles. The molecule has 1 rings (SSSR count). The SMILES string of the molecule is CCC(Cc1cccs1)NC(C)CCCO. The number of rotatable bonds is 8. The molecule has 2 nitrogen and oxygen atoms in total. The first-order valence-corrected chi connectivity index (χ1v) is 7.03. The van der Waals surface area contributed by atoms with Crippen LogP contribution in [-0.4, -0.2) is 23.8 Å². The highest BCUT2D eigenvalue weighted by molar-refractivity contribution is 7.09. The van der Waals surface area contributed by atoms with Crippen LogP contribution in [0.4, 0.5) is 0 Å². The summed E-state index contributed by atoms with van der Waals surface area (Å²) in [6, 6.07) is 5.37. The van der Waals surface area contributed by atoms with Crippen LogP contribution in [0.25, 0.3) is 0 Å². The first kappa shape index (κ1) is 13.7. The average Bonchev–Trinajstić information content (AvgIpc) is 2.78. The van der Waals surface area contributed by atoms with Crippen molar-refractivity contribution in [1.29, 1.82) is 0 Å². The number of thiophene rings is 1. The molecule has 2 unspecified atom stereocenters. The van der Waals surface area contributed by atoms with Crippen LogP contribution in [0.15, 0.2) is 17.5 Å². The lowest BCUT2D eigenvalue weighted by Gasteiger charge is -2.21. The van der Waals surface area contributed by atoms with E-state index in [9.17, 15) is 0 Å². The van der Waals surface area contributed by atoms with Gasteiger partial charge in [-0.1, -0.05) is 13.0 Å². The maximum absolute atomic E-state index is 8.79. The second-order valence-corrected chi connectivity index (χ2v) is 5.35. The minimum Gasteiger partial charge on any atom is -0.396 e. The van der Waals surface area contributed by atoms with Crippen LogP contribution in [0.5, 0.6) is 0 Å². The Hall–Kier alpha value is -0.380. The van der Waals surface area contributed by atoms with E-state index >= 15 is 0 Å². The van der Waals surface area contributed by atoms with Crippen molar-refractivity contribution in [3.8, 4) is 0 Å². The van der Waals surface area contributed by atoms with E-state index in [1.807, 2.05) is 11.3 Å². The molecule has 0 saturated carbocycles. The Morgan fingerprint density at radius 3 is 2.88 bits per heavy atom. The molecule has 0 aromatic carbocycles. The van der Waals surface area contributed by atoms with Gasteiger partial charge in [0.15, 0.2) is 0 Å². The predicted molar refractivity (Wildman–Crippen MR) is 71.0 cm³/mol. The molecule has 1 heterocycles.